The fourth-order valence-electron chi connectivity index (χ4n) is 3.96. The molecular formula is C25H24BNO4. The van der Waals surface area contributed by atoms with Crippen LogP contribution in [0.25, 0.3) is 0 Å². The normalized spacial score (nSPS) is 17.2. The largest absolute Gasteiger partial charge is 0.469 e. The number of esters is 1. The molecule has 5 nitrogen and oxygen atoms in total. The molecule has 0 aliphatic heterocycles. The Balaban J connectivity index is 1.51. The third-order valence-electron chi connectivity index (χ3n) is 5.50. The lowest BCUT2D eigenvalue weighted by molar-refractivity contribution is -0.139. The Bertz CT molecular complexity index is 1080. The van der Waals surface area contributed by atoms with Gasteiger partial charge in [-0.25, -0.2) is 0 Å². The van der Waals surface area contributed by atoms with Gasteiger partial charge in [0.1, 0.15) is 19.3 Å². The van der Waals surface area contributed by atoms with Crippen LogP contribution in [0.1, 0.15) is 28.3 Å². The molecule has 0 unspecified atom stereocenters. The van der Waals surface area contributed by atoms with Gasteiger partial charge in [-0.2, -0.15) is 0 Å². The first-order chi connectivity index (χ1) is 15.0. The van der Waals surface area contributed by atoms with Crippen molar-refractivity contribution in [1.29, 1.82) is 0 Å². The minimum Gasteiger partial charge on any atom is -0.469 e. The van der Waals surface area contributed by atoms with E-state index in [4.69, 9.17) is 17.3 Å². The van der Waals surface area contributed by atoms with Crippen molar-refractivity contribution < 1.29 is 19.4 Å². The number of ether oxygens (including phenoxy) is 2. The van der Waals surface area contributed by atoms with Crippen LogP contribution in [-0.4, -0.2) is 32.1 Å². The van der Waals surface area contributed by atoms with Crippen LogP contribution < -0.4 is 15.5 Å². The Kier molecular flexibility index (Phi) is 6.40. The van der Waals surface area contributed by atoms with Crippen molar-refractivity contribution in [3.8, 4) is 11.5 Å². The van der Waals surface area contributed by atoms with Crippen molar-refractivity contribution >= 4 is 19.3 Å². The van der Waals surface area contributed by atoms with E-state index >= 15 is 0 Å². The maximum Gasteiger partial charge on any atom is 0.309 e. The summed E-state index contributed by atoms with van der Waals surface area (Å²) in [4.78, 5) is 11.6. The summed E-state index contributed by atoms with van der Waals surface area (Å²) in [5.41, 5.74) is 4.62. The van der Waals surface area contributed by atoms with E-state index in [0.717, 1.165) is 16.7 Å². The number of nitrogens with one attached hydrogen (secondary N) is 1. The molecule has 156 valence electrons. The SMILES string of the molecule is [B]c1ccc(Oc2cccc(CC(=O)OC)c2)c(CN[C@@H]2c3ccccc3C[C@@H]2O)c1. The minimum atomic E-state index is -0.474. The molecule has 0 bridgehead atoms. The van der Waals surface area contributed by atoms with Gasteiger partial charge in [0.05, 0.1) is 25.7 Å². The van der Waals surface area contributed by atoms with Crippen LogP contribution in [-0.2, 0) is 28.9 Å². The molecular weight excluding hydrogens is 389 g/mol. The molecule has 0 fully saturated rings. The number of benzene rings is 3. The highest BCUT2D eigenvalue weighted by atomic mass is 16.5. The Labute approximate surface area is 183 Å². The van der Waals surface area contributed by atoms with Crippen LogP contribution in [0.2, 0.25) is 0 Å². The van der Waals surface area contributed by atoms with Crippen molar-refractivity contribution in [1.82, 2.24) is 5.32 Å². The summed E-state index contributed by atoms with van der Waals surface area (Å²) in [6.07, 6.45) is 0.349. The van der Waals surface area contributed by atoms with Gasteiger partial charge in [-0.3, -0.25) is 4.79 Å². The van der Waals surface area contributed by atoms with Gasteiger partial charge in [-0.15, -0.1) is 0 Å². The van der Waals surface area contributed by atoms with E-state index in [1.54, 1.807) is 6.07 Å². The highest BCUT2D eigenvalue weighted by Gasteiger charge is 2.30. The smallest absolute Gasteiger partial charge is 0.309 e. The van der Waals surface area contributed by atoms with Crippen molar-refractivity contribution in [2.45, 2.75) is 31.5 Å². The third-order valence-corrected chi connectivity index (χ3v) is 5.50. The molecule has 6 heteroatoms. The number of carbonyl (C=O) groups excluding carboxylic acids is 1. The third kappa shape index (κ3) is 4.98. The molecule has 4 rings (SSSR count). The molecule has 3 aromatic carbocycles. The summed E-state index contributed by atoms with van der Waals surface area (Å²) in [6.45, 7) is 0.484. The lowest BCUT2D eigenvalue weighted by Crippen LogP contribution is -2.28. The molecule has 31 heavy (non-hydrogen) atoms. The van der Waals surface area contributed by atoms with Gasteiger partial charge in [-0.05, 0) is 34.9 Å². The van der Waals surface area contributed by atoms with Crippen molar-refractivity contribution in [2.75, 3.05) is 7.11 Å². The zero-order valence-corrected chi connectivity index (χ0v) is 17.4. The van der Waals surface area contributed by atoms with Gasteiger partial charge in [0.2, 0.25) is 0 Å². The molecule has 0 saturated carbocycles. The topological polar surface area (TPSA) is 67.8 Å². The quantitative estimate of drug-likeness (QED) is 0.461. The minimum absolute atomic E-state index is 0.145. The van der Waals surface area contributed by atoms with Gasteiger partial charge in [0, 0.05) is 18.5 Å². The van der Waals surface area contributed by atoms with Crippen LogP contribution in [0.15, 0.2) is 66.7 Å². The van der Waals surface area contributed by atoms with E-state index in [0.29, 0.717) is 29.9 Å². The standard InChI is InChI=1S/C25H24BNO4/c1-30-24(29)12-16-5-4-7-20(11-16)31-23-10-9-19(26)13-18(23)15-27-25-21-8-3-2-6-17(21)14-22(25)28/h2-11,13,22,25,27-28H,12,14-15H2,1H3/t22-,25+/m0/s1. The van der Waals surface area contributed by atoms with Crippen LogP contribution in [0.5, 0.6) is 11.5 Å². The first-order valence-corrected chi connectivity index (χ1v) is 10.2. The molecule has 0 aromatic heterocycles. The molecule has 3 aromatic rings. The van der Waals surface area contributed by atoms with E-state index in [2.05, 4.69) is 11.4 Å². The lowest BCUT2D eigenvalue weighted by atomic mass is 9.94. The second-order valence-corrected chi connectivity index (χ2v) is 7.70. The fourth-order valence-corrected chi connectivity index (χ4v) is 3.96. The number of carbonyl (C=O) groups is 1. The van der Waals surface area contributed by atoms with Crippen molar-refractivity contribution in [3.05, 3.63) is 89.0 Å². The zero-order valence-electron chi connectivity index (χ0n) is 17.4. The van der Waals surface area contributed by atoms with E-state index in [1.165, 1.54) is 12.7 Å². The molecule has 2 atom stereocenters. The van der Waals surface area contributed by atoms with Crippen LogP contribution in [0, 0.1) is 0 Å². The van der Waals surface area contributed by atoms with Gasteiger partial charge in [-0.1, -0.05) is 54.0 Å². The first-order valence-electron chi connectivity index (χ1n) is 10.2. The zero-order chi connectivity index (χ0) is 21.8. The van der Waals surface area contributed by atoms with E-state index in [1.807, 2.05) is 54.6 Å². The Morgan fingerprint density at radius 1 is 1.13 bits per heavy atom. The highest BCUT2D eigenvalue weighted by Crippen LogP contribution is 2.32. The first kappa shape index (κ1) is 21.2. The lowest BCUT2D eigenvalue weighted by Gasteiger charge is -2.20. The van der Waals surface area contributed by atoms with Crippen molar-refractivity contribution in [2.24, 2.45) is 0 Å². The molecule has 1 aliphatic carbocycles. The molecule has 2 N–H and O–H groups in total. The number of hydrogen-bond donors (Lipinski definition) is 2. The van der Waals surface area contributed by atoms with Crippen LogP contribution in [0.4, 0.5) is 0 Å². The van der Waals surface area contributed by atoms with E-state index in [9.17, 15) is 9.90 Å². The summed E-state index contributed by atoms with van der Waals surface area (Å²) in [5.74, 6) is 0.987. The summed E-state index contributed by atoms with van der Waals surface area (Å²) in [7, 11) is 7.39. The van der Waals surface area contributed by atoms with Gasteiger partial charge in [0.25, 0.3) is 0 Å². The number of aliphatic hydroxyl groups is 1. The van der Waals surface area contributed by atoms with E-state index < -0.39 is 6.10 Å². The molecule has 1 aliphatic rings. The monoisotopic (exact) mass is 413 g/mol. The summed E-state index contributed by atoms with van der Waals surface area (Å²) in [5, 5.41) is 14.0. The fraction of sp³-hybridized carbons (Fsp3) is 0.240. The summed E-state index contributed by atoms with van der Waals surface area (Å²) < 4.78 is 10.9. The number of aliphatic hydroxyl groups excluding tert-OH is 1. The highest BCUT2D eigenvalue weighted by molar-refractivity contribution is 6.32. The second kappa shape index (κ2) is 9.37. The summed E-state index contributed by atoms with van der Waals surface area (Å²) >= 11 is 0. The number of rotatable bonds is 7. The Morgan fingerprint density at radius 2 is 1.97 bits per heavy atom. The average Bonchev–Trinajstić information content (AvgIpc) is 3.09. The van der Waals surface area contributed by atoms with Crippen molar-refractivity contribution in [3.63, 3.8) is 0 Å². The van der Waals surface area contributed by atoms with Gasteiger partial charge in [0.15, 0.2) is 0 Å². The summed E-state index contributed by atoms with van der Waals surface area (Å²) in [6, 6.07) is 20.8. The maximum absolute atomic E-state index is 11.6. The number of fused-ring (bicyclic) bond motifs is 1. The molecule has 2 radical (unpaired) electrons. The van der Waals surface area contributed by atoms with Crippen LogP contribution >= 0.6 is 0 Å². The molecule has 0 heterocycles. The Hall–Kier alpha value is -3.09. The van der Waals surface area contributed by atoms with Crippen LogP contribution in [0.3, 0.4) is 0 Å². The number of methoxy groups -OCH3 is 1. The molecule has 0 amide bonds. The number of hydrogen-bond acceptors (Lipinski definition) is 5. The second-order valence-electron chi connectivity index (χ2n) is 7.70. The molecule has 0 saturated heterocycles. The van der Waals surface area contributed by atoms with E-state index in [-0.39, 0.29) is 18.4 Å². The predicted octanol–water partition coefficient (Wildman–Crippen LogP) is 2.74. The van der Waals surface area contributed by atoms with Gasteiger partial charge < -0.3 is 19.9 Å². The van der Waals surface area contributed by atoms with Gasteiger partial charge >= 0.3 is 5.97 Å². The average molecular weight is 413 g/mol. The maximum atomic E-state index is 11.6. The molecule has 0 spiro atoms. The Morgan fingerprint density at radius 3 is 2.81 bits per heavy atom. The predicted molar refractivity (Wildman–Crippen MR) is 120 cm³/mol.